The van der Waals surface area contributed by atoms with Gasteiger partial charge in [0.25, 0.3) is 0 Å². The van der Waals surface area contributed by atoms with Gasteiger partial charge in [0.05, 0.1) is 12.7 Å². The maximum atomic E-state index is 9.73. The monoisotopic (exact) mass is 208 g/mol. The molecule has 0 aromatic rings. The second-order valence-electron chi connectivity index (χ2n) is 3.31. The van der Waals surface area contributed by atoms with Crippen LogP contribution in [0.1, 0.15) is 6.92 Å². The molecule has 0 bridgehead atoms. The van der Waals surface area contributed by atoms with E-state index in [2.05, 4.69) is 0 Å². The summed E-state index contributed by atoms with van der Waals surface area (Å²) >= 11 is 0. The van der Waals surface area contributed by atoms with Crippen LogP contribution >= 0.6 is 0 Å². The van der Waals surface area contributed by atoms with E-state index in [-0.39, 0.29) is 19.1 Å². The van der Waals surface area contributed by atoms with Crippen molar-refractivity contribution in [1.82, 2.24) is 0 Å². The summed E-state index contributed by atoms with van der Waals surface area (Å²) in [6.07, 6.45) is -2.07. The molecular weight excluding hydrogens is 188 g/mol. The minimum Gasteiger partial charge on any atom is -0.396 e. The molecule has 0 aromatic heterocycles. The summed E-state index contributed by atoms with van der Waals surface area (Å²) in [5.74, 6) is -0.316. The lowest BCUT2D eigenvalue weighted by Gasteiger charge is -2.30. The number of ether oxygens (including phenoxy) is 2. The Labute approximate surface area is 84.3 Å². The average molecular weight is 208 g/mol. The van der Waals surface area contributed by atoms with Gasteiger partial charge in [-0.15, -0.1) is 0 Å². The van der Waals surface area contributed by atoms with Gasteiger partial charge in [0.15, 0.2) is 0 Å². The first kappa shape index (κ1) is 13.8. The van der Waals surface area contributed by atoms with Crippen molar-refractivity contribution in [2.24, 2.45) is 5.92 Å². The van der Waals surface area contributed by atoms with Crippen LogP contribution in [0.5, 0.6) is 0 Å². The van der Waals surface area contributed by atoms with E-state index in [1.807, 2.05) is 0 Å². The number of hydrogen-bond donors (Lipinski definition) is 3. The average Bonchev–Trinajstić information content (AvgIpc) is 2.23. The normalized spacial score (nSPS) is 20.1. The van der Waals surface area contributed by atoms with Crippen molar-refractivity contribution < 1.29 is 24.8 Å². The summed E-state index contributed by atoms with van der Waals surface area (Å²) in [6, 6.07) is 0. The highest BCUT2D eigenvalue weighted by Gasteiger charge is 2.31. The highest BCUT2D eigenvalue weighted by Crippen LogP contribution is 2.14. The van der Waals surface area contributed by atoms with Crippen molar-refractivity contribution >= 4 is 0 Å². The van der Waals surface area contributed by atoms with E-state index in [4.69, 9.17) is 19.7 Å². The molecule has 5 heteroatoms. The lowest BCUT2D eigenvalue weighted by Crippen LogP contribution is -2.45. The SMILES string of the molecule is COC(CO)[C@@H](OC)[C@H](O)C(C)CO. The molecule has 0 spiro atoms. The summed E-state index contributed by atoms with van der Waals surface area (Å²) in [5.41, 5.74) is 0. The molecule has 0 aliphatic heterocycles. The lowest BCUT2D eigenvalue weighted by molar-refractivity contribution is -0.126. The van der Waals surface area contributed by atoms with Crippen LogP contribution in [0, 0.1) is 5.92 Å². The number of aliphatic hydroxyl groups excluding tert-OH is 3. The third-order valence-corrected chi connectivity index (χ3v) is 2.33. The number of hydrogen-bond acceptors (Lipinski definition) is 5. The zero-order valence-electron chi connectivity index (χ0n) is 8.88. The lowest BCUT2D eigenvalue weighted by atomic mass is 9.97. The summed E-state index contributed by atoms with van der Waals surface area (Å²) in [5, 5.41) is 27.5. The van der Waals surface area contributed by atoms with Crippen molar-refractivity contribution in [2.45, 2.75) is 25.2 Å². The van der Waals surface area contributed by atoms with E-state index >= 15 is 0 Å². The largest absolute Gasteiger partial charge is 0.396 e. The molecule has 0 aromatic carbocycles. The van der Waals surface area contributed by atoms with E-state index in [0.29, 0.717) is 0 Å². The molecule has 2 unspecified atom stereocenters. The third-order valence-electron chi connectivity index (χ3n) is 2.33. The summed E-state index contributed by atoms with van der Waals surface area (Å²) in [6.45, 7) is 1.33. The van der Waals surface area contributed by atoms with Crippen LogP contribution in [-0.2, 0) is 9.47 Å². The molecule has 0 saturated carbocycles. The fraction of sp³-hybridized carbons (Fsp3) is 1.00. The molecule has 0 fully saturated rings. The van der Waals surface area contributed by atoms with Crippen LogP contribution in [0.3, 0.4) is 0 Å². The molecule has 0 aliphatic carbocycles. The van der Waals surface area contributed by atoms with Crippen LogP contribution < -0.4 is 0 Å². The molecule has 0 radical (unpaired) electrons. The minimum absolute atomic E-state index is 0.136. The maximum absolute atomic E-state index is 9.73. The molecule has 3 N–H and O–H groups in total. The quantitative estimate of drug-likeness (QED) is 0.500. The van der Waals surface area contributed by atoms with Gasteiger partial charge in [-0.3, -0.25) is 0 Å². The summed E-state index contributed by atoms with van der Waals surface area (Å²) in [4.78, 5) is 0. The second kappa shape index (κ2) is 7.14. The van der Waals surface area contributed by atoms with Crippen molar-refractivity contribution in [2.75, 3.05) is 27.4 Å². The van der Waals surface area contributed by atoms with Gasteiger partial charge in [-0.2, -0.15) is 0 Å². The summed E-state index contributed by atoms with van der Waals surface area (Å²) in [7, 11) is 2.86. The number of rotatable bonds is 7. The maximum Gasteiger partial charge on any atom is 0.112 e. The highest BCUT2D eigenvalue weighted by molar-refractivity contribution is 4.80. The predicted octanol–water partition coefficient (Wildman–Crippen LogP) is -1.00. The molecular formula is C9H20O5. The van der Waals surface area contributed by atoms with Gasteiger partial charge in [-0.1, -0.05) is 6.92 Å². The Bertz CT molecular complexity index is 137. The first-order valence-corrected chi connectivity index (χ1v) is 4.57. The van der Waals surface area contributed by atoms with Crippen LogP contribution in [0.15, 0.2) is 0 Å². The Kier molecular flexibility index (Phi) is 7.04. The second-order valence-corrected chi connectivity index (χ2v) is 3.31. The third kappa shape index (κ3) is 3.51. The van der Waals surface area contributed by atoms with Crippen molar-refractivity contribution in [1.29, 1.82) is 0 Å². The minimum atomic E-state index is -0.859. The molecule has 86 valence electrons. The van der Waals surface area contributed by atoms with Crippen LogP contribution in [-0.4, -0.2) is 61.1 Å². The highest BCUT2D eigenvalue weighted by atomic mass is 16.5. The predicted molar refractivity (Wildman–Crippen MR) is 50.9 cm³/mol. The molecule has 5 nitrogen and oxygen atoms in total. The molecule has 0 rings (SSSR count). The summed E-state index contributed by atoms with van der Waals surface area (Å²) < 4.78 is 9.98. The Balaban J connectivity index is 4.36. The Morgan fingerprint density at radius 1 is 1.07 bits per heavy atom. The number of methoxy groups -OCH3 is 2. The zero-order chi connectivity index (χ0) is 11.1. The standard InChI is InChI=1S/C9H20O5/c1-6(4-10)8(12)9(14-3)7(5-11)13-2/h6-12H,4-5H2,1-3H3/t6?,7?,8-,9-/m1/s1. The van der Waals surface area contributed by atoms with E-state index in [1.54, 1.807) is 6.92 Å². The van der Waals surface area contributed by atoms with E-state index in [0.717, 1.165) is 0 Å². The zero-order valence-corrected chi connectivity index (χ0v) is 8.88. The molecule has 14 heavy (non-hydrogen) atoms. The number of aliphatic hydroxyl groups is 3. The molecule has 0 heterocycles. The first-order valence-electron chi connectivity index (χ1n) is 4.57. The fourth-order valence-electron chi connectivity index (χ4n) is 1.26. The van der Waals surface area contributed by atoms with Crippen molar-refractivity contribution in [3.8, 4) is 0 Å². The van der Waals surface area contributed by atoms with E-state index < -0.39 is 18.3 Å². The van der Waals surface area contributed by atoms with E-state index in [9.17, 15) is 5.11 Å². The van der Waals surface area contributed by atoms with Gasteiger partial charge in [-0.25, -0.2) is 0 Å². The fourth-order valence-corrected chi connectivity index (χ4v) is 1.26. The van der Waals surface area contributed by atoms with Crippen LogP contribution in [0.2, 0.25) is 0 Å². The van der Waals surface area contributed by atoms with Gasteiger partial charge >= 0.3 is 0 Å². The molecule has 4 atom stereocenters. The molecule has 0 amide bonds. The smallest absolute Gasteiger partial charge is 0.112 e. The van der Waals surface area contributed by atoms with E-state index in [1.165, 1.54) is 14.2 Å². The van der Waals surface area contributed by atoms with Crippen LogP contribution in [0.4, 0.5) is 0 Å². The van der Waals surface area contributed by atoms with Gasteiger partial charge in [-0.05, 0) is 0 Å². The Morgan fingerprint density at radius 3 is 1.93 bits per heavy atom. The Morgan fingerprint density at radius 2 is 1.64 bits per heavy atom. The van der Waals surface area contributed by atoms with Crippen molar-refractivity contribution in [3.05, 3.63) is 0 Å². The van der Waals surface area contributed by atoms with Crippen molar-refractivity contribution in [3.63, 3.8) is 0 Å². The molecule has 0 aliphatic rings. The Hall–Kier alpha value is -0.200. The molecule has 0 saturated heterocycles. The van der Waals surface area contributed by atoms with Gasteiger partial charge in [0.2, 0.25) is 0 Å². The first-order chi connectivity index (χ1) is 6.62. The van der Waals surface area contributed by atoms with Gasteiger partial charge in [0, 0.05) is 26.7 Å². The van der Waals surface area contributed by atoms with Gasteiger partial charge in [0.1, 0.15) is 12.2 Å². The van der Waals surface area contributed by atoms with Gasteiger partial charge < -0.3 is 24.8 Å². The topological polar surface area (TPSA) is 79.2 Å². The van der Waals surface area contributed by atoms with Crippen LogP contribution in [0.25, 0.3) is 0 Å².